The predicted molar refractivity (Wildman–Crippen MR) is 146 cm³/mol. The molecule has 0 aliphatic rings. The number of aryl methyl sites for hydroxylation is 1. The summed E-state index contributed by atoms with van der Waals surface area (Å²) in [6.45, 7) is 0.619. The average Bonchev–Trinajstić information content (AvgIpc) is 3.43. The topological polar surface area (TPSA) is 147 Å². The number of aromatic nitrogens is 5. The van der Waals surface area contributed by atoms with E-state index in [0.29, 0.717) is 42.4 Å². The molecule has 0 aliphatic heterocycles. The lowest BCUT2D eigenvalue weighted by molar-refractivity contribution is -0.137. The van der Waals surface area contributed by atoms with E-state index in [-0.39, 0.29) is 44.2 Å². The van der Waals surface area contributed by atoms with Gasteiger partial charge >= 0.3 is 6.18 Å². The Labute approximate surface area is 238 Å². The van der Waals surface area contributed by atoms with Crippen LogP contribution in [0.4, 0.5) is 40.7 Å². The molecule has 0 saturated heterocycles. The second-order valence-electron chi connectivity index (χ2n) is 8.90. The number of nitrogens with zero attached hydrogens (tertiary/aromatic N) is 5. The molecule has 1 aromatic carbocycles. The van der Waals surface area contributed by atoms with Gasteiger partial charge in [-0.15, -0.1) is 0 Å². The molecule has 220 valence electrons. The molecule has 0 spiro atoms. The van der Waals surface area contributed by atoms with Crippen LogP contribution < -0.4 is 16.0 Å². The fourth-order valence-corrected chi connectivity index (χ4v) is 4.19. The molecule has 0 unspecified atom stereocenters. The van der Waals surface area contributed by atoms with Crippen LogP contribution in [0.1, 0.15) is 34.5 Å². The van der Waals surface area contributed by atoms with Gasteiger partial charge in [-0.1, -0.05) is 6.07 Å². The van der Waals surface area contributed by atoms with Gasteiger partial charge in [0.1, 0.15) is 17.2 Å². The van der Waals surface area contributed by atoms with Gasteiger partial charge in [-0.2, -0.15) is 23.3 Å². The largest absolute Gasteiger partial charge is 0.421 e. The molecule has 1 amide bonds. The van der Waals surface area contributed by atoms with Crippen molar-refractivity contribution in [2.24, 2.45) is 0 Å². The highest BCUT2D eigenvalue weighted by atomic mass is 31.1. The van der Waals surface area contributed by atoms with Crippen LogP contribution in [0.25, 0.3) is 11.3 Å². The Morgan fingerprint density at radius 2 is 1.86 bits per heavy atom. The van der Waals surface area contributed by atoms with E-state index in [1.165, 1.54) is 37.5 Å². The van der Waals surface area contributed by atoms with Crippen LogP contribution in [0.15, 0.2) is 48.9 Å². The van der Waals surface area contributed by atoms with Crippen molar-refractivity contribution < 1.29 is 32.0 Å². The highest BCUT2D eigenvalue weighted by Crippen LogP contribution is 2.36. The summed E-state index contributed by atoms with van der Waals surface area (Å²) in [5.74, 6) is -2.46. The minimum absolute atomic E-state index is 0.0623. The van der Waals surface area contributed by atoms with Gasteiger partial charge in [0.2, 0.25) is 5.95 Å². The summed E-state index contributed by atoms with van der Waals surface area (Å²) >= 11 is 0. The number of carbonyl (C=O) groups is 1. The van der Waals surface area contributed by atoms with Crippen molar-refractivity contribution in [1.82, 2.24) is 30.0 Å². The Hall–Kier alpha value is -4.49. The Morgan fingerprint density at radius 3 is 2.55 bits per heavy atom. The van der Waals surface area contributed by atoms with Crippen LogP contribution >= 0.6 is 8.46 Å². The van der Waals surface area contributed by atoms with E-state index in [2.05, 4.69) is 36.0 Å². The van der Waals surface area contributed by atoms with Crippen molar-refractivity contribution in [3.8, 4) is 11.3 Å². The molecular weight excluding hydrogens is 579 g/mol. The van der Waals surface area contributed by atoms with Crippen molar-refractivity contribution >= 4 is 37.5 Å². The lowest BCUT2D eigenvalue weighted by Gasteiger charge is -2.17. The lowest BCUT2D eigenvalue weighted by atomic mass is 10.1. The number of rotatable bonds is 12. The average molecular weight is 605 g/mol. The maximum atomic E-state index is 14.5. The van der Waals surface area contributed by atoms with E-state index >= 15 is 0 Å². The summed E-state index contributed by atoms with van der Waals surface area (Å²) in [5.41, 5.74) is -0.237. The lowest BCUT2D eigenvalue weighted by Crippen LogP contribution is -2.21. The highest BCUT2D eigenvalue weighted by molar-refractivity contribution is 7.22. The van der Waals surface area contributed by atoms with Crippen molar-refractivity contribution in [2.75, 3.05) is 24.3 Å². The zero-order valence-corrected chi connectivity index (χ0v) is 23.0. The molecule has 42 heavy (non-hydrogen) atoms. The molecule has 4 N–H and O–H groups in total. The van der Waals surface area contributed by atoms with Crippen molar-refractivity contribution in [1.29, 1.82) is 0 Å². The van der Waals surface area contributed by atoms with Gasteiger partial charge in [-0.05, 0) is 42.7 Å². The highest BCUT2D eigenvalue weighted by Gasteiger charge is 2.36. The van der Waals surface area contributed by atoms with E-state index in [1.54, 1.807) is 10.9 Å². The quantitative estimate of drug-likeness (QED) is 0.0961. The molecule has 3 heterocycles. The molecule has 0 radical (unpaired) electrons. The molecular formula is C26H25F4N8O3P. The second-order valence-corrected chi connectivity index (χ2v) is 9.47. The number of aliphatic hydroxyl groups excluding tert-OH is 1. The van der Waals surface area contributed by atoms with Gasteiger partial charge in [0, 0.05) is 38.2 Å². The number of anilines is 4. The van der Waals surface area contributed by atoms with Crippen molar-refractivity contribution in [2.45, 2.75) is 31.7 Å². The van der Waals surface area contributed by atoms with Gasteiger partial charge in [0.15, 0.2) is 14.2 Å². The van der Waals surface area contributed by atoms with Gasteiger partial charge in [-0.25, -0.2) is 14.4 Å². The number of aliphatic hydroxyl groups is 1. The van der Waals surface area contributed by atoms with E-state index in [9.17, 15) is 26.9 Å². The minimum Gasteiger partial charge on any atom is -0.396 e. The number of hydrogen-bond acceptors (Lipinski definition) is 9. The summed E-state index contributed by atoms with van der Waals surface area (Å²) in [6.07, 6.45) is 0.319. The van der Waals surface area contributed by atoms with Crippen LogP contribution in [-0.2, 0) is 23.4 Å². The Bertz CT molecular complexity index is 1580. The first-order valence-corrected chi connectivity index (χ1v) is 13.5. The molecule has 4 aromatic rings. The number of benzene rings is 1. The zero-order valence-electron chi connectivity index (χ0n) is 22.1. The molecule has 11 nitrogen and oxygen atoms in total. The number of unbranched alkanes of at least 4 members (excludes halogenated alkanes) is 1. The first kappa shape index (κ1) is 30.5. The number of alkyl halides is 3. The molecule has 0 atom stereocenters. The fraction of sp³-hybridized carbons (Fsp3) is 0.269. The Kier molecular flexibility index (Phi) is 9.76. The summed E-state index contributed by atoms with van der Waals surface area (Å²) in [4.78, 5) is 24.7. The number of halogens is 4. The van der Waals surface area contributed by atoms with Crippen LogP contribution in [0, 0.1) is 5.82 Å². The number of nitrogens with one attached hydrogen (secondary N) is 3. The third-order valence-electron chi connectivity index (χ3n) is 5.94. The monoisotopic (exact) mass is 604 g/mol. The number of amides is 1. The summed E-state index contributed by atoms with van der Waals surface area (Å²) < 4.78 is 68.6. The van der Waals surface area contributed by atoms with E-state index < -0.39 is 29.3 Å². The Morgan fingerprint density at radius 1 is 1.07 bits per heavy atom. The third-order valence-corrected chi connectivity index (χ3v) is 6.43. The van der Waals surface area contributed by atoms with Crippen molar-refractivity contribution in [3.63, 3.8) is 0 Å². The molecule has 0 saturated carbocycles. The smallest absolute Gasteiger partial charge is 0.396 e. The summed E-state index contributed by atoms with van der Waals surface area (Å²) in [6, 6.07) is 6.86. The van der Waals surface area contributed by atoms with Crippen LogP contribution in [0.2, 0.25) is 0 Å². The van der Waals surface area contributed by atoms with E-state index in [0.717, 1.165) is 6.07 Å². The van der Waals surface area contributed by atoms with Gasteiger partial charge in [0.05, 0.1) is 29.4 Å². The maximum Gasteiger partial charge on any atom is 0.421 e. The zero-order chi connectivity index (χ0) is 30.3. The van der Waals surface area contributed by atoms with Gasteiger partial charge in [0.25, 0.3) is 5.91 Å². The van der Waals surface area contributed by atoms with E-state index in [1.807, 2.05) is 0 Å². The van der Waals surface area contributed by atoms with Crippen molar-refractivity contribution in [3.05, 3.63) is 71.6 Å². The standard InChI is InChI=1S/C26H25F4N8O3P/c1-31-24(40)22-21(7-6-19(34-22)16-11-33-38(13-16)8-2-3-9-39)35-23-17(26(28,29)30)12-32-25(37-23)36-20-5-4-15(14-42-41)10-18(20)27/h4-7,10-13,39H,2-3,8-9,14H2,1H3,(H,31,40)(H2,32,35,36,37). The van der Waals surface area contributed by atoms with Gasteiger partial charge < -0.3 is 21.1 Å². The molecule has 3 aromatic heterocycles. The van der Waals surface area contributed by atoms with E-state index in [4.69, 9.17) is 5.11 Å². The van der Waals surface area contributed by atoms with Crippen LogP contribution in [0.5, 0.6) is 0 Å². The second kappa shape index (κ2) is 13.4. The first-order chi connectivity index (χ1) is 20.1. The van der Waals surface area contributed by atoms with Gasteiger partial charge in [-0.3, -0.25) is 14.0 Å². The molecule has 4 rings (SSSR count). The minimum atomic E-state index is -4.86. The van der Waals surface area contributed by atoms with Crippen LogP contribution in [0.3, 0.4) is 0 Å². The summed E-state index contributed by atoms with van der Waals surface area (Å²) in [7, 11) is 1.16. The number of pyridine rings is 1. The maximum absolute atomic E-state index is 14.5. The molecule has 0 fully saturated rings. The molecule has 0 aliphatic carbocycles. The molecule has 0 bridgehead atoms. The predicted octanol–water partition coefficient (Wildman–Crippen LogP) is 5.30. The number of carbonyl (C=O) groups excluding carboxylic acids is 1. The number of hydrogen-bond donors (Lipinski definition) is 4. The first-order valence-electron chi connectivity index (χ1n) is 12.6. The third kappa shape index (κ3) is 7.42. The van der Waals surface area contributed by atoms with Crippen LogP contribution in [-0.4, -0.2) is 49.4 Å². The SMILES string of the molecule is CNC(=O)c1nc(-c2cnn(CCCCO)c2)ccc1Nc1nc(Nc2ccc(CP=O)cc2F)ncc1C(F)(F)F. The molecule has 16 heteroatoms. The normalized spacial score (nSPS) is 11.5. The Balaban J connectivity index is 1.67. The summed E-state index contributed by atoms with van der Waals surface area (Å²) in [5, 5.41) is 20.7. The fourth-order valence-electron chi connectivity index (χ4n) is 3.84.